The number of amides is 1. The molecule has 136 valence electrons. The topological polar surface area (TPSA) is 81.7 Å². The van der Waals surface area contributed by atoms with E-state index in [1.54, 1.807) is 12.1 Å². The molecule has 0 aromatic heterocycles. The number of rotatable bonds is 4. The molecule has 0 fully saturated rings. The van der Waals surface area contributed by atoms with Gasteiger partial charge in [0, 0.05) is 11.1 Å². The van der Waals surface area contributed by atoms with E-state index in [0.717, 1.165) is 0 Å². The number of carbonyl (C=O) groups is 3. The van der Waals surface area contributed by atoms with Gasteiger partial charge < -0.3 is 14.8 Å². The normalized spacial score (nSPS) is 10.8. The van der Waals surface area contributed by atoms with E-state index in [1.165, 1.54) is 43.5 Å². The van der Waals surface area contributed by atoms with Crippen LogP contribution in [0.3, 0.4) is 0 Å². The summed E-state index contributed by atoms with van der Waals surface area (Å²) in [5.74, 6) is -0.932. The lowest BCUT2D eigenvalue weighted by atomic mass is 10.1. The van der Waals surface area contributed by atoms with Crippen LogP contribution in [0.15, 0.2) is 48.5 Å². The van der Waals surface area contributed by atoms with Gasteiger partial charge in [0.05, 0.1) is 18.2 Å². The van der Waals surface area contributed by atoms with E-state index in [2.05, 4.69) is 10.1 Å². The summed E-state index contributed by atoms with van der Waals surface area (Å²) in [5, 5.41) is 2.85. The van der Waals surface area contributed by atoms with E-state index in [9.17, 15) is 14.4 Å². The monoisotopic (exact) mass is 355 g/mol. The minimum Gasteiger partial charge on any atom is -0.465 e. The first kappa shape index (κ1) is 19.2. The maximum absolute atomic E-state index is 12.2. The predicted octanol–water partition coefficient (Wildman–Crippen LogP) is 3.22. The molecule has 0 aliphatic rings. The summed E-state index contributed by atoms with van der Waals surface area (Å²) >= 11 is 0. The highest BCUT2D eigenvalue weighted by molar-refractivity contribution is 5.97. The van der Waals surface area contributed by atoms with Crippen LogP contribution >= 0.6 is 0 Å². The molecule has 0 aliphatic heterocycles. The van der Waals surface area contributed by atoms with Gasteiger partial charge in [0.25, 0.3) is 5.91 Å². The maximum Gasteiger partial charge on any atom is 0.343 e. The lowest BCUT2D eigenvalue weighted by molar-refractivity contribution is 0.0600. The summed E-state index contributed by atoms with van der Waals surface area (Å²) < 4.78 is 9.87. The number of methoxy groups -OCH3 is 1. The van der Waals surface area contributed by atoms with Crippen molar-refractivity contribution in [3.63, 3.8) is 0 Å². The molecule has 0 heterocycles. The lowest BCUT2D eigenvalue weighted by Gasteiger charge is -2.20. The molecule has 0 saturated carbocycles. The fraction of sp³-hybridized carbons (Fsp3) is 0.250. The summed E-state index contributed by atoms with van der Waals surface area (Å²) in [6.07, 6.45) is 0. The molecular formula is C20H21NO5. The van der Waals surface area contributed by atoms with Crippen LogP contribution < -0.4 is 10.1 Å². The summed E-state index contributed by atoms with van der Waals surface area (Å²) in [5.41, 5.74) is 0.792. The average molecular weight is 355 g/mol. The number of carbonyl (C=O) groups excluding carboxylic acids is 3. The van der Waals surface area contributed by atoms with Gasteiger partial charge in [-0.15, -0.1) is 0 Å². The first-order valence-electron chi connectivity index (χ1n) is 8.03. The van der Waals surface area contributed by atoms with Crippen molar-refractivity contribution in [3.8, 4) is 5.75 Å². The lowest BCUT2D eigenvalue weighted by Crippen LogP contribution is -2.40. The van der Waals surface area contributed by atoms with Crippen LogP contribution in [0.4, 0.5) is 0 Å². The third kappa shape index (κ3) is 5.17. The molecule has 2 aromatic rings. The summed E-state index contributed by atoms with van der Waals surface area (Å²) in [6, 6.07) is 12.2. The highest BCUT2D eigenvalue weighted by Crippen LogP contribution is 2.15. The number of hydrogen-bond donors (Lipinski definition) is 1. The average Bonchev–Trinajstić information content (AvgIpc) is 2.60. The molecule has 0 radical (unpaired) electrons. The Balaban J connectivity index is 2.04. The Morgan fingerprint density at radius 3 is 1.73 bits per heavy atom. The van der Waals surface area contributed by atoms with Crippen molar-refractivity contribution in [2.24, 2.45) is 0 Å². The first-order valence-corrected chi connectivity index (χ1v) is 8.03. The molecule has 6 nitrogen and oxygen atoms in total. The molecule has 6 heteroatoms. The van der Waals surface area contributed by atoms with Crippen molar-refractivity contribution >= 4 is 17.8 Å². The Kier molecular flexibility index (Phi) is 5.77. The molecule has 0 unspecified atom stereocenters. The van der Waals surface area contributed by atoms with Crippen molar-refractivity contribution in [2.75, 3.05) is 7.11 Å². The van der Waals surface area contributed by atoms with E-state index >= 15 is 0 Å². The predicted molar refractivity (Wildman–Crippen MR) is 96.4 cm³/mol. The molecule has 1 N–H and O–H groups in total. The number of ether oxygens (including phenoxy) is 2. The summed E-state index contributed by atoms with van der Waals surface area (Å²) in [4.78, 5) is 35.6. The Morgan fingerprint density at radius 1 is 0.769 bits per heavy atom. The highest BCUT2D eigenvalue weighted by atomic mass is 16.5. The third-order valence-electron chi connectivity index (χ3n) is 3.36. The van der Waals surface area contributed by atoms with Gasteiger partial charge in [-0.3, -0.25) is 4.79 Å². The zero-order valence-corrected chi connectivity index (χ0v) is 15.2. The SMILES string of the molecule is COC(=O)c1ccc(OC(=O)c2ccc(C(=O)NC(C)(C)C)cc2)cc1. The minimum absolute atomic E-state index is 0.212. The Bertz CT molecular complexity index is 802. The van der Waals surface area contributed by atoms with E-state index in [0.29, 0.717) is 22.4 Å². The van der Waals surface area contributed by atoms with Gasteiger partial charge in [-0.1, -0.05) is 0 Å². The van der Waals surface area contributed by atoms with Gasteiger partial charge in [0.15, 0.2) is 0 Å². The molecular weight excluding hydrogens is 334 g/mol. The van der Waals surface area contributed by atoms with Crippen molar-refractivity contribution in [1.82, 2.24) is 5.32 Å². The van der Waals surface area contributed by atoms with Crippen LogP contribution in [0, 0.1) is 0 Å². The second-order valence-corrected chi connectivity index (χ2v) is 6.69. The number of nitrogens with one attached hydrogen (secondary N) is 1. The number of benzene rings is 2. The van der Waals surface area contributed by atoms with E-state index in [4.69, 9.17) is 4.74 Å². The second-order valence-electron chi connectivity index (χ2n) is 6.69. The van der Waals surface area contributed by atoms with Gasteiger partial charge in [0.2, 0.25) is 0 Å². The molecule has 26 heavy (non-hydrogen) atoms. The molecule has 1 amide bonds. The molecule has 0 atom stereocenters. The zero-order chi connectivity index (χ0) is 19.3. The molecule has 0 saturated heterocycles. The molecule has 2 rings (SSSR count). The summed E-state index contributed by atoms with van der Waals surface area (Å²) in [7, 11) is 1.29. The van der Waals surface area contributed by atoms with Crippen LogP contribution in [0.25, 0.3) is 0 Å². The fourth-order valence-electron chi connectivity index (χ4n) is 2.11. The quantitative estimate of drug-likeness (QED) is 0.673. The van der Waals surface area contributed by atoms with E-state index in [1.807, 2.05) is 20.8 Å². The molecule has 0 bridgehead atoms. The van der Waals surface area contributed by atoms with Crippen molar-refractivity contribution in [1.29, 1.82) is 0 Å². The first-order chi connectivity index (χ1) is 12.2. The zero-order valence-electron chi connectivity index (χ0n) is 15.2. The number of esters is 2. The van der Waals surface area contributed by atoms with Crippen LogP contribution in [0.5, 0.6) is 5.75 Å². The van der Waals surface area contributed by atoms with Gasteiger partial charge in [-0.05, 0) is 69.3 Å². The Labute approximate surface area is 152 Å². The highest BCUT2D eigenvalue weighted by Gasteiger charge is 2.16. The number of hydrogen-bond acceptors (Lipinski definition) is 5. The second kappa shape index (κ2) is 7.82. The standard InChI is InChI=1S/C20H21NO5/c1-20(2,3)21-17(22)13-5-7-15(8-6-13)19(24)26-16-11-9-14(10-12-16)18(23)25-4/h5-12H,1-4H3,(H,21,22). The van der Waals surface area contributed by atoms with Crippen LogP contribution in [-0.4, -0.2) is 30.5 Å². The van der Waals surface area contributed by atoms with Gasteiger partial charge in [-0.25, -0.2) is 9.59 Å². The van der Waals surface area contributed by atoms with Crippen molar-refractivity contribution in [2.45, 2.75) is 26.3 Å². The Morgan fingerprint density at radius 2 is 1.23 bits per heavy atom. The van der Waals surface area contributed by atoms with Gasteiger partial charge >= 0.3 is 11.9 Å². The molecule has 0 aliphatic carbocycles. The largest absolute Gasteiger partial charge is 0.465 e. The van der Waals surface area contributed by atoms with Crippen molar-refractivity contribution in [3.05, 3.63) is 65.2 Å². The van der Waals surface area contributed by atoms with Crippen molar-refractivity contribution < 1.29 is 23.9 Å². The van der Waals surface area contributed by atoms with Crippen LogP contribution in [0.2, 0.25) is 0 Å². The fourth-order valence-corrected chi connectivity index (χ4v) is 2.11. The maximum atomic E-state index is 12.2. The van der Waals surface area contributed by atoms with Gasteiger partial charge in [-0.2, -0.15) is 0 Å². The smallest absolute Gasteiger partial charge is 0.343 e. The summed E-state index contributed by atoms with van der Waals surface area (Å²) in [6.45, 7) is 5.67. The molecule has 2 aromatic carbocycles. The van der Waals surface area contributed by atoms with E-state index < -0.39 is 11.9 Å². The molecule has 0 spiro atoms. The van der Waals surface area contributed by atoms with Gasteiger partial charge in [0.1, 0.15) is 5.75 Å². The van der Waals surface area contributed by atoms with Crippen LogP contribution in [0.1, 0.15) is 51.8 Å². The Hall–Kier alpha value is -3.15. The van der Waals surface area contributed by atoms with Crippen LogP contribution in [-0.2, 0) is 4.74 Å². The van der Waals surface area contributed by atoms with E-state index in [-0.39, 0.29) is 11.4 Å². The minimum atomic E-state index is -0.557. The third-order valence-corrected chi connectivity index (χ3v) is 3.36.